The van der Waals surface area contributed by atoms with Crippen LogP contribution in [0.1, 0.15) is 38.9 Å². The van der Waals surface area contributed by atoms with E-state index in [0.717, 1.165) is 17.8 Å². The van der Waals surface area contributed by atoms with Crippen molar-refractivity contribution in [1.82, 2.24) is 5.32 Å². The molecule has 1 amide bonds. The quantitative estimate of drug-likeness (QED) is 0.708. The maximum atomic E-state index is 11.2. The number of benzene rings is 1. The molecule has 0 saturated carbocycles. The SMILES string of the molecule is CCC(=O)Nc1ccc(C(O)CNCC(C)C)cc1. The van der Waals surface area contributed by atoms with Crippen molar-refractivity contribution >= 4 is 11.6 Å². The van der Waals surface area contributed by atoms with Gasteiger partial charge in [0.2, 0.25) is 5.91 Å². The van der Waals surface area contributed by atoms with Gasteiger partial charge in [-0.05, 0) is 30.2 Å². The number of carbonyl (C=O) groups is 1. The highest BCUT2D eigenvalue weighted by atomic mass is 16.3. The number of aliphatic hydroxyl groups excluding tert-OH is 1. The van der Waals surface area contributed by atoms with Gasteiger partial charge in [0.05, 0.1) is 6.10 Å². The third-order valence-electron chi connectivity index (χ3n) is 2.79. The smallest absolute Gasteiger partial charge is 0.224 e. The Hall–Kier alpha value is -1.39. The van der Waals surface area contributed by atoms with Gasteiger partial charge in [-0.3, -0.25) is 4.79 Å². The zero-order valence-electron chi connectivity index (χ0n) is 11.9. The molecule has 1 unspecified atom stereocenters. The number of amides is 1. The molecule has 0 aliphatic rings. The van der Waals surface area contributed by atoms with Gasteiger partial charge >= 0.3 is 0 Å². The number of nitrogens with one attached hydrogen (secondary N) is 2. The second kappa shape index (κ2) is 7.92. The van der Waals surface area contributed by atoms with Gasteiger partial charge in [-0.25, -0.2) is 0 Å². The van der Waals surface area contributed by atoms with E-state index in [1.54, 1.807) is 0 Å². The zero-order chi connectivity index (χ0) is 14.3. The van der Waals surface area contributed by atoms with E-state index < -0.39 is 6.10 Å². The molecule has 0 spiro atoms. The van der Waals surface area contributed by atoms with Gasteiger partial charge in [0.1, 0.15) is 0 Å². The van der Waals surface area contributed by atoms with Gasteiger partial charge in [-0.15, -0.1) is 0 Å². The summed E-state index contributed by atoms with van der Waals surface area (Å²) in [4.78, 5) is 11.2. The first-order chi connectivity index (χ1) is 9.02. The highest BCUT2D eigenvalue weighted by Crippen LogP contribution is 2.16. The Balaban J connectivity index is 2.48. The molecule has 0 heterocycles. The minimum Gasteiger partial charge on any atom is -0.387 e. The Bertz CT molecular complexity index is 388. The second-order valence-electron chi connectivity index (χ2n) is 5.09. The predicted octanol–water partition coefficient (Wildman–Crippen LogP) is 2.31. The van der Waals surface area contributed by atoms with Gasteiger partial charge in [-0.2, -0.15) is 0 Å². The Morgan fingerprint density at radius 1 is 1.21 bits per heavy atom. The lowest BCUT2D eigenvalue weighted by atomic mass is 10.1. The van der Waals surface area contributed by atoms with E-state index in [0.29, 0.717) is 18.9 Å². The van der Waals surface area contributed by atoms with E-state index in [2.05, 4.69) is 24.5 Å². The van der Waals surface area contributed by atoms with E-state index in [1.807, 2.05) is 31.2 Å². The van der Waals surface area contributed by atoms with Gasteiger partial charge in [-0.1, -0.05) is 32.9 Å². The first-order valence-electron chi connectivity index (χ1n) is 6.81. The first-order valence-corrected chi connectivity index (χ1v) is 6.81. The zero-order valence-corrected chi connectivity index (χ0v) is 11.9. The monoisotopic (exact) mass is 264 g/mol. The molecule has 1 rings (SSSR count). The highest BCUT2D eigenvalue weighted by Gasteiger charge is 2.07. The average Bonchev–Trinajstić information content (AvgIpc) is 2.38. The van der Waals surface area contributed by atoms with E-state index >= 15 is 0 Å². The third-order valence-corrected chi connectivity index (χ3v) is 2.79. The summed E-state index contributed by atoms with van der Waals surface area (Å²) < 4.78 is 0. The number of hydrogen-bond acceptors (Lipinski definition) is 3. The molecule has 0 bridgehead atoms. The molecule has 19 heavy (non-hydrogen) atoms. The predicted molar refractivity (Wildman–Crippen MR) is 78.0 cm³/mol. The minimum absolute atomic E-state index is 0.00750. The Labute approximate surface area is 115 Å². The third kappa shape index (κ3) is 5.85. The molecular weight excluding hydrogens is 240 g/mol. The Morgan fingerprint density at radius 2 is 1.84 bits per heavy atom. The molecular formula is C15H24N2O2. The van der Waals surface area contributed by atoms with Crippen LogP contribution < -0.4 is 10.6 Å². The molecule has 0 aliphatic carbocycles. The summed E-state index contributed by atoms with van der Waals surface area (Å²) >= 11 is 0. The number of carbonyl (C=O) groups excluding carboxylic acids is 1. The van der Waals surface area contributed by atoms with Crippen LogP contribution in [0.3, 0.4) is 0 Å². The van der Waals surface area contributed by atoms with Crippen LogP contribution in [0.25, 0.3) is 0 Å². The van der Waals surface area contributed by atoms with Crippen molar-refractivity contribution in [2.75, 3.05) is 18.4 Å². The summed E-state index contributed by atoms with van der Waals surface area (Å²) in [5.74, 6) is 0.561. The molecule has 4 nitrogen and oxygen atoms in total. The molecule has 0 saturated heterocycles. The molecule has 106 valence electrons. The molecule has 0 aromatic heterocycles. The number of aliphatic hydroxyl groups is 1. The molecule has 1 atom stereocenters. The van der Waals surface area contributed by atoms with E-state index in [4.69, 9.17) is 0 Å². The van der Waals surface area contributed by atoms with Gasteiger partial charge in [0.25, 0.3) is 0 Å². The van der Waals surface area contributed by atoms with Crippen LogP contribution in [-0.4, -0.2) is 24.1 Å². The van der Waals surface area contributed by atoms with E-state index in [-0.39, 0.29) is 5.91 Å². The fourth-order valence-corrected chi connectivity index (χ4v) is 1.66. The molecule has 3 N–H and O–H groups in total. The minimum atomic E-state index is -0.519. The summed E-state index contributed by atoms with van der Waals surface area (Å²) in [7, 11) is 0. The Kier molecular flexibility index (Phi) is 6.53. The fourth-order valence-electron chi connectivity index (χ4n) is 1.66. The van der Waals surface area contributed by atoms with Crippen molar-refractivity contribution in [3.05, 3.63) is 29.8 Å². The van der Waals surface area contributed by atoms with E-state index in [1.165, 1.54) is 0 Å². The first kappa shape index (κ1) is 15.7. The molecule has 4 heteroatoms. The van der Waals surface area contributed by atoms with Crippen molar-refractivity contribution in [2.24, 2.45) is 5.92 Å². The van der Waals surface area contributed by atoms with Crippen LogP contribution in [0.15, 0.2) is 24.3 Å². The van der Waals surface area contributed by atoms with Crippen LogP contribution in [-0.2, 0) is 4.79 Å². The summed E-state index contributed by atoms with van der Waals surface area (Å²) in [6, 6.07) is 7.31. The van der Waals surface area contributed by atoms with Gasteiger partial charge < -0.3 is 15.7 Å². The molecule has 1 aromatic rings. The average molecular weight is 264 g/mol. The largest absolute Gasteiger partial charge is 0.387 e. The van der Waals surface area contributed by atoms with Crippen LogP contribution >= 0.6 is 0 Å². The molecule has 0 radical (unpaired) electrons. The van der Waals surface area contributed by atoms with Crippen LogP contribution in [0, 0.1) is 5.92 Å². The Morgan fingerprint density at radius 3 is 2.37 bits per heavy atom. The van der Waals surface area contributed by atoms with Crippen LogP contribution in [0.5, 0.6) is 0 Å². The van der Waals surface area contributed by atoms with Gasteiger partial charge in [0.15, 0.2) is 0 Å². The standard InChI is InChI=1S/C15H24N2O2/c1-4-15(19)17-13-7-5-12(6-8-13)14(18)10-16-9-11(2)3/h5-8,11,14,16,18H,4,9-10H2,1-3H3,(H,17,19). The summed E-state index contributed by atoms with van der Waals surface area (Å²) in [6.07, 6.45) is -0.0570. The maximum absolute atomic E-state index is 11.2. The highest BCUT2D eigenvalue weighted by molar-refractivity contribution is 5.90. The van der Waals surface area contributed by atoms with E-state index in [9.17, 15) is 9.90 Å². The maximum Gasteiger partial charge on any atom is 0.224 e. The topological polar surface area (TPSA) is 61.4 Å². The van der Waals surface area contributed by atoms with Crippen molar-refractivity contribution in [2.45, 2.75) is 33.3 Å². The van der Waals surface area contributed by atoms with Crippen LogP contribution in [0.4, 0.5) is 5.69 Å². The van der Waals surface area contributed by atoms with Crippen molar-refractivity contribution in [1.29, 1.82) is 0 Å². The number of rotatable bonds is 7. The van der Waals surface area contributed by atoms with Gasteiger partial charge in [0, 0.05) is 18.7 Å². The summed E-state index contributed by atoms with van der Waals surface area (Å²) in [5, 5.41) is 16.0. The molecule has 0 aliphatic heterocycles. The van der Waals surface area contributed by atoms with Crippen molar-refractivity contribution < 1.29 is 9.90 Å². The fraction of sp³-hybridized carbons (Fsp3) is 0.533. The van der Waals surface area contributed by atoms with Crippen molar-refractivity contribution in [3.63, 3.8) is 0 Å². The molecule has 0 fully saturated rings. The number of anilines is 1. The second-order valence-corrected chi connectivity index (χ2v) is 5.09. The lowest BCUT2D eigenvalue weighted by Gasteiger charge is -2.14. The lowest BCUT2D eigenvalue weighted by Crippen LogP contribution is -2.25. The molecule has 1 aromatic carbocycles. The summed E-state index contributed by atoms with van der Waals surface area (Å²) in [6.45, 7) is 7.50. The summed E-state index contributed by atoms with van der Waals surface area (Å²) in [5.41, 5.74) is 1.61. The number of hydrogen-bond donors (Lipinski definition) is 3. The van der Waals surface area contributed by atoms with Crippen molar-refractivity contribution in [3.8, 4) is 0 Å². The normalized spacial score (nSPS) is 12.5. The lowest BCUT2D eigenvalue weighted by molar-refractivity contribution is -0.115. The van der Waals surface area contributed by atoms with Crippen LogP contribution in [0.2, 0.25) is 0 Å².